The zero-order valence-corrected chi connectivity index (χ0v) is 11.2. The number of carbonyl (C=O) groups excluding carboxylic acids is 1. The van der Waals surface area contributed by atoms with E-state index in [2.05, 4.69) is 0 Å². The van der Waals surface area contributed by atoms with Crippen molar-refractivity contribution in [2.45, 2.75) is 0 Å². The van der Waals surface area contributed by atoms with Crippen LogP contribution in [0, 0.1) is 0 Å². The third-order valence-electron chi connectivity index (χ3n) is 2.72. The van der Waals surface area contributed by atoms with Gasteiger partial charge >= 0.3 is 5.97 Å². The fourth-order valence-corrected chi connectivity index (χ4v) is 1.68. The summed E-state index contributed by atoms with van der Waals surface area (Å²) >= 11 is 0. The van der Waals surface area contributed by atoms with Gasteiger partial charge in [0, 0.05) is 5.56 Å². The Morgan fingerprint density at radius 2 is 1.67 bits per heavy atom. The van der Waals surface area contributed by atoms with Gasteiger partial charge in [0.05, 0.1) is 5.56 Å². The molecule has 0 unspecified atom stereocenters. The number of aromatic carboxylic acids is 1. The number of hydrogen-bond acceptors (Lipinski definition) is 4. The molecule has 0 fully saturated rings. The highest BCUT2D eigenvalue weighted by atomic mass is 16.5. The van der Waals surface area contributed by atoms with Crippen LogP contribution in [0.2, 0.25) is 0 Å². The third kappa shape index (κ3) is 4.35. The summed E-state index contributed by atoms with van der Waals surface area (Å²) < 4.78 is 10.9. The molecule has 2 rings (SSSR count). The van der Waals surface area contributed by atoms with Gasteiger partial charge in [0.25, 0.3) is 0 Å². The highest BCUT2D eigenvalue weighted by Crippen LogP contribution is 2.14. The fourth-order valence-electron chi connectivity index (χ4n) is 1.68. The maximum Gasteiger partial charge on any atom is 0.335 e. The molecule has 108 valence electrons. The topological polar surface area (TPSA) is 72.8 Å². The predicted octanol–water partition coefficient (Wildman–Crippen LogP) is 2.66. The lowest BCUT2D eigenvalue weighted by Crippen LogP contribution is -2.09. The van der Waals surface area contributed by atoms with Crippen LogP contribution >= 0.6 is 0 Å². The van der Waals surface area contributed by atoms with Crippen LogP contribution in [0.25, 0.3) is 0 Å². The average Bonchev–Trinajstić information content (AvgIpc) is 2.52. The van der Waals surface area contributed by atoms with Gasteiger partial charge in [-0.15, -0.1) is 0 Å². The van der Waals surface area contributed by atoms with Crippen LogP contribution in [0.1, 0.15) is 20.7 Å². The smallest absolute Gasteiger partial charge is 0.335 e. The Morgan fingerprint density at radius 3 is 2.29 bits per heavy atom. The van der Waals surface area contributed by atoms with Crippen LogP contribution in [0.3, 0.4) is 0 Å². The molecule has 2 aromatic carbocycles. The summed E-state index contributed by atoms with van der Waals surface area (Å²) in [6.07, 6.45) is 0.766. The molecule has 0 spiro atoms. The Balaban J connectivity index is 1.80. The molecule has 0 heterocycles. The van der Waals surface area contributed by atoms with Gasteiger partial charge in [0.2, 0.25) is 0 Å². The zero-order chi connectivity index (χ0) is 15.1. The SMILES string of the molecule is O=Cc1ccc(OCCOc2cccc(C(=O)O)c2)cc1. The quantitative estimate of drug-likeness (QED) is 0.625. The summed E-state index contributed by atoms with van der Waals surface area (Å²) in [4.78, 5) is 21.3. The third-order valence-corrected chi connectivity index (χ3v) is 2.72. The predicted molar refractivity (Wildman–Crippen MR) is 76.2 cm³/mol. The number of carbonyl (C=O) groups is 2. The first-order valence-electron chi connectivity index (χ1n) is 6.33. The van der Waals surface area contributed by atoms with Crippen molar-refractivity contribution in [2.24, 2.45) is 0 Å². The number of ether oxygens (including phenoxy) is 2. The minimum atomic E-state index is -0.994. The molecular weight excluding hydrogens is 272 g/mol. The normalized spacial score (nSPS) is 9.90. The highest BCUT2D eigenvalue weighted by Gasteiger charge is 2.03. The molecule has 21 heavy (non-hydrogen) atoms. The van der Waals surface area contributed by atoms with Crippen molar-refractivity contribution in [3.05, 3.63) is 59.7 Å². The lowest BCUT2D eigenvalue weighted by atomic mass is 10.2. The van der Waals surface area contributed by atoms with E-state index in [0.29, 0.717) is 30.3 Å². The van der Waals surface area contributed by atoms with Crippen LogP contribution in [-0.4, -0.2) is 30.6 Å². The van der Waals surface area contributed by atoms with Crippen LogP contribution < -0.4 is 9.47 Å². The van der Waals surface area contributed by atoms with Crippen molar-refractivity contribution >= 4 is 12.3 Å². The average molecular weight is 286 g/mol. The van der Waals surface area contributed by atoms with Crippen molar-refractivity contribution in [1.82, 2.24) is 0 Å². The standard InChI is InChI=1S/C16H14O5/c17-11-12-4-6-14(7-5-12)20-8-9-21-15-3-1-2-13(10-15)16(18)19/h1-7,10-11H,8-9H2,(H,18,19). The van der Waals surface area contributed by atoms with E-state index in [0.717, 1.165) is 6.29 Å². The first-order chi connectivity index (χ1) is 10.2. The maximum absolute atomic E-state index is 10.8. The number of carboxylic acids is 1. The van der Waals surface area contributed by atoms with Gasteiger partial charge in [0.15, 0.2) is 0 Å². The highest BCUT2D eigenvalue weighted by molar-refractivity contribution is 5.88. The van der Waals surface area contributed by atoms with E-state index in [1.54, 1.807) is 36.4 Å². The summed E-state index contributed by atoms with van der Waals surface area (Å²) in [5, 5.41) is 8.87. The van der Waals surface area contributed by atoms with Gasteiger partial charge in [-0.1, -0.05) is 6.07 Å². The zero-order valence-electron chi connectivity index (χ0n) is 11.2. The molecular formula is C16H14O5. The molecule has 0 aliphatic heterocycles. The second-order valence-electron chi connectivity index (χ2n) is 4.22. The van der Waals surface area contributed by atoms with Crippen molar-refractivity contribution in [2.75, 3.05) is 13.2 Å². The van der Waals surface area contributed by atoms with E-state index in [1.807, 2.05) is 0 Å². The number of aldehydes is 1. The number of rotatable bonds is 7. The van der Waals surface area contributed by atoms with E-state index in [1.165, 1.54) is 12.1 Å². The number of hydrogen-bond donors (Lipinski definition) is 1. The van der Waals surface area contributed by atoms with E-state index in [-0.39, 0.29) is 5.56 Å². The van der Waals surface area contributed by atoms with Crippen LogP contribution in [0.4, 0.5) is 0 Å². The van der Waals surface area contributed by atoms with Crippen molar-refractivity contribution < 1.29 is 24.2 Å². The van der Waals surface area contributed by atoms with Crippen molar-refractivity contribution in [3.8, 4) is 11.5 Å². The van der Waals surface area contributed by atoms with Crippen LogP contribution in [0.5, 0.6) is 11.5 Å². The molecule has 0 saturated carbocycles. The molecule has 0 aliphatic carbocycles. The lowest BCUT2D eigenvalue weighted by Gasteiger charge is -2.08. The summed E-state index contributed by atoms with van der Waals surface area (Å²) in [5.41, 5.74) is 0.766. The van der Waals surface area contributed by atoms with Gasteiger partial charge < -0.3 is 14.6 Å². The molecule has 0 amide bonds. The fraction of sp³-hybridized carbons (Fsp3) is 0.125. The van der Waals surface area contributed by atoms with Crippen molar-refractivity contribution in [1.29, 1.82) is 0 Å². The number of carboxylic acid groups (broad SMARTS) is 1. The Morgan fingerprint density at radius 1 is 1.00 bits per heavy atom. The Labute approximate surface area is 121 Å². The van der Waals surface area contributed by atoms with Crippen LogP contribution in [-0.2, 0) is 0 Å². The van der Waals surface area contributed by atoms with Crippen LogP contribution in [0.15, 0.2) is 48.5 Å². The largest absolute Gasteiger partial charge is 0.490 e. The molecule has 2 aromatic rings. The van der Waals surface area contributed by atoms with Gasteiger partial charge in [-0.3, -0.25) is 4.79 Å². The second-order valence-corrected chi connectivity index (χ2v) is 4.22. The molecule has 1 N–H and O–H groups in total. The van der Waals surface area contributed by atoms with Gasteiger partial charge in [0.1, 0.15) is 31.0 Å². The molecule has 0 saturated heterocycles. The van der Waals surface area contributed by atoms with E-state index in [9.17, 15) is 9.59 Å². The minimum Gasteiger partial charge on any atom is -0.490 e. The molecule has 0 radical (unpaired) electrons. The van der Waals surface area contributed by atoms with E-state index < -0.39 is 5.97 Å². The second kappa shape index (κ2) is 7.09. The monoisotopic (exact) mass is 286 g/mol. The Kier molecular flexibility index (Phi) is 4.93. The minimum absolute atomic E-state index is 0.179. The molecule has 5 heteroatoms. The summed E-state index contributed by atoms with van der Waals surface area (Å²) in [7, 11) is 0. The van der Waals surface area contributed by atoms with Gasteiger partial charge in [-0.05, 0) is 42.5 Å². The summed E-state index contributed by atoms with van der Waals surface area (Å²) in [6, 6.07) is 13.0. The van der Waals surface area contributed by atoms with Gasteiger partial charge in [-0.25, -0.2) is 4.79 Å². The van der Waals surface area contributed by atoms with Crippen molar-refractivity contribution in [3.63, 3.8) is 0 Å². The van der Waals surface area contributed by atoms with E-state index in [4.69, 9.17) is 14.6 Å². The first-order valence-corrected chi connectivity index (χ1v) is 6.33. The molecule has 0 aromatic heterocycles. The maximum atomic E-state index is 10.8. The lowest BCUT2D eigenvalue weighted by molar-refractivity contribution is 0.0696. The molecule has 5 nitrogen and oxygen atoms in total. The first kappa shape index (κ1) is 14.6. The summed E-state index contributed by atoms with van der Waals surface area (Å²) in [6.45, 7) is 0.607. The molecule has 0 bridgehead atoms. The molecule has 0 atom stereocenters. The Bertz CT molecular complexity index is 619. The Hall–Kier alpha value is -2.82. The molecule has 0 aliphatic rings. The van der Waals surface area contributed by atoms with Gasteiger partial charge in [-0.2, -0.15) is 0 Å². The van der Waals surface area contributed by atoms with E-state index >= 15 is 0 Å². The number of benzene rings is 2. The summed E-state index contributed by atoms with van der Waals surface area (Å²) in [5.74, 6) is 0.130.